The third kappa shape index (κ3) is 4.17. The number of pyridine rings is 1. The van der Waals surface area contributed by atoms with Gasteiger partial charge in [0, 0.05) is 37.1 Å². The smallest absolute Gasteiger partial charge is 0.341 e. The summed E-state index contributed by atoms with van der Waals surface area (Å²) in [7, 11) is 3.99. The molecule has 2 aromatic carbocycles. The van der Waals surface area contributed by atoms with Crippen molar-refractivity contribution in [2.24, 2.45) is 0 Å². The van der Waals surface area contributed by atoms with Gasteiger partial charge in [0.25, 0.3) is 0 Å². The summed E-state index contributed by atoms with van der Waals surface area (Å²) in [5, 5.41) is 4.17. The van der Waals surface area contributed by atoms with Gasteiger partial charge in [0.2, 0.25) is 0 Å². The fourth-order valence-electron chi connectivity index (χ4n) is 2.91. The first-order chi connectivity index (χ1) is 13.5. The van der Waals surface area contributed by atoms with Gasteiger partial charge in [-0.15, -0.1) is 0 Å². The van der Waals surface area contributed by atoms with Crippen molar-refractivity contribution >= 4 is 33.9 Å². The minimum Gasteiger partial charge on any atom is -0.494 e. The zero-order valence-electron chi connectivity index (χ0n) is 16.7. The quantitative estimate of drug-likeness (QED) is 0.605. The zero-order valence-corrected chi connectivity index (χ0v) is 16.7. The molecule has 146 valence electrons. The van der Waals surface area contributed by atoms with Crippen LogP contribution in [0, 0.1) is 0 Å². The fourth-order valence-corrected chi connectivity index (χ4v) is 2.91. The van der Waals surface area contributed by atoms with E-state index < -0.39 is 5.97 Å². The molecule has 0 amide bonds. The highest BCUT2D eigenvalue weighted by Gasteiger charge is 2.17. The van der Waals surface area contributed by atoms with E-state index in [-0.39, 0.29) is 0 Å². The topological polar surface area (TPSA) is 63.7 Å². The summed E-state index contributed by atoms with van der Waals surface area (Å²) in [6.45, 7) is 4.58. The highest BCUT2D eigenvalue weighted by Crippen LogP contribution is 2.32. The molecular weight excluding hydrogens is 354 g/mol. The maximum atomic E-state index is 12.5. The Kier molecular flexibility index (Phi) is 5.99. The molecule has 0 atom stereocenters. The molecule has 6 heteroatoms. The number of rotatable bonds is 7. The summed E-state index contributed by atoms with van der Waals surface area (Å²) in [4.78, 5) is 19.0. The number of ether oxygens (including phenoxy) is 2. The van der Waals surface area contributed by atoms with E-state index in [0.717, 1.165) is 28.0 Å². The molecule has 28 heavy (non-hydrogen) atoms. The summed E-state index contributed by atoms with van der Waals surface area (Å²) < 4.78 is 10.9. The first-order valence-corrected chi connectivity index (χ1v) is 9.30. The molecule has 0 unspecified atom stereocenters. The highest BCUT2D eigenvalue weighted by atomic mass is 16.5. The Morgan fingerprint density at radius 1 is 1.07 bits per heavy atom. The van der Waals surface area contributed by atoms with Crippen molar-refractivity contribution in [3.05, 3.63) is 54.2 Å². The summed E-state index contributed by atoms with van der Waals surface area (Å²) in [6, 6.07) is 13.6. The van der Waals surface area contributed by atoms with E-state index in [1.807, 2.05) is 68.4 Å². The molecule has 0 bridgehead atoms. The van der Waals surface area contributed by atoms with Crippen molar-refractivity contribution in [1.29, 1.82) is 0 Å². The van der Waals surface area contributed by atoms with Gasteiger partial charge >= 0.3 is 5.97 Å². The summed E-state index contributed by atoms with van der Waals surface area (Å²) in [5.41, 5.74) is 3.77. The molecular formula is C22H25N3O3. The maximum Gasteiger partial charge on any atom is 0.341 e. The van der Waals surface area contributed by atoms with E-state index in [4.69, 9.17) is 9.47 Å². The van der Waals surface area contributed by atoms with Crippen molar-refractivity contribution in [2.45, 2.75) is 13.8 Å². The molecule has 0 fully saturated rings. The molecule has 0 aliphatic rings. The largest absolute Gasteiger partial charge is 0.494 e. The monoisotopic (exact) mass is 379 g/mol. The number of aromatic nitrogens is 1. The van der Waals surface area contributed by atoms with Gasteiger partial charge in [0.1, 0.15) is 11.3 Å². The normalized spacial score (nSPS) is 10.6. The van der Waals surface area contributed by atoms with Crippen LogP contribution in [0.5, 0.6) is 5.75 Å². The molecule has 3 rings (SSSR count). The number of nitrogens with one attached hydrogen (secondary N) is 1. The number of carbonyl (C=O) groups is 1. The first kappa shape index (κ1) is 19.5. The molecule has 1 heterocycles. The van der Waals surface area contributed by atoms with E-state index in [1.165, 1.54) is 0 Å². The fraction of sp³-hybridized carbons (Fsp3) is 0.273. The molecule has 0 spiro atoms. The van der Waals surface area contributed by atoms with Crippen LogP contribution in [-0.4, -0.2) is 38.3 Å². The number of hydrogen-bond acceptors (Lipinski definition) is 6. The molecule has 0 aliphatic heterocycles. The molecule has 1 aromatic heterocycles. The molecule has 6 nitrogen and oxygen atoms in total. The minimum atomic E-state index is -0.411. The van der Waals surface area contributed by atoms with Crippen molar-refractivity contribution in [3.63, 3.8) is 0 Å². The average Bonchev–Trinajstić information content (AvgIpc) is 2.69. The van der Waals surface area contributed by atoms with Gasteiger partial charge in [0.15, 0.2) is 0 Å². The highest BCUT2D eigenvalue weighted by molar-refractivity contribution is 6.06. The van der Waals surface area contributed by atoms with Crippen molar-refractivity contribution in [3.8, 4) is 5.75 Å². The lowest BCUT2D eigenvalue weighted by atomic mass is 10.1. The van der Waals surface area contributed by atoms with Crippen LogP contribution in [0.1, 0.15) is 24.2 Å². The van der Waals surface area contributed by atoms with Crippen LogP contribution < -0.4 is 15.0 Å². The van der Waals surface area contributed by atoms with Gasteiger partial charge in [0.05, 0.1) is 24.4 Å². The van der Waals surface area contributed by atoms with Gasteiger partial charge in [-0.1, -0.05) is 0 Å². The van der Waals surface area contributed by atoms with Crippen LogP contribution in [0.15, 0.2) is 48.7 Å². The third-order valence-electron chi connectivity index (χ3n) is 4.30. The van der Waals surface area contributed by atoms with Gasteiger partial charge in [-0.25, -0.2) is 4.79 Å². The second-order valence-electron chi connectivity index (χ2n) is 6.45. The standard InChI is InChI=1S/C22H25N3O3/c1-5-27-17-11-12-20-18(13-17)21(19(14-23-20)22(26)28-6-2)24-15-7-9-16(10-8-15)25(3)4/h7-14H,5-6H2,1-4H3,(H,23,24). The first-order valence-electron chi connectivity index (χ1n) is 9.30. The number of anilines is 3. The average molecular weight is 379 g/mol. The van der Waals surface area contributed by atoms with Crippen LogP contribution in [-0.2, 0) is 4.74 Å². The van der Waals surface area contributed by atoms with E-state index in [0.29, 0.717) is 24.5 Å². The Labute approximate surface area is 165 Å². The second kappa shape index (κ2) is 8.61. The number of benzene rings is 2. The van der Waals surface area contributed by atoms with E-state index >= 15 is 0 Å². The van der Waals surface area contributed by atoms with Crippen LogP contribution >= 0.6 is 0 Å². The summed E-state index contributed by atoms with van der Waals surface area (Å²) >= 11 is 0. The second-order valence-corrected chi connectivity index (χ2v) is 6.45. The predicted octanol–water partition coefficient (Wildman–Crippen LogP) is 4.62. The molecule has 3 aromatic rings. The maximum absolute atomic E-state index is 12.5. The molecule has 0 aliphatic carbocycles. The number of esters is 1. The van der Waals surface area contributed by atoms with Crippen molar-refractivity contribution < 1.29 is 14.3 Å². The number of nitrogens with zero attached hydrogens (tertiary/aromatic N) is 2. The van der Waals surface area contributed by atoms with Gasteiger partial charge in [-0.2, -0.15) is 0 Å². The summed E-state index contributed by atoms with van der Waals surface area (Å²) in [5.74, 6) is 0.315. The minimum absolute atomic E-state index is 0.298. The van der Waals surface area contributed by atoms with Gasteiger partial charge < -0.3 is 19.7 Å². The molecule has 0 saturated carbocycles. The Balaban J connectivity index is 2.10. The Morgan fingerprint density at radius 2 is 1.82 bits per heavy atom. The SMILES string of the molecule is CCOC(=O)c1cnc2ccc(OCC)cc2c1Nc1ccc(N(C)C)cc1. The number of hydrogen-bond donors (Lipinski definition) is 1. The Hall–Kier alpha value is -3.28. The van der Waals surface area contributed by atoms with E-state index in [2.05, 4.69) is 10.3 Å². The molecule has 0 saturated heterocycles. The molecule has 0 radical (unpaired) electrons. The molecule has 1 N–H and O–H groups in total. The van der Waals surface area contributed by atoms with Crippen LogP contribution in [0.4, 0.5) is 17.1 Å². The van der Waals surface area contributed by atoms with Crippen LogP contribution in [0.3, 0.4) is 0 Å². The van der Waals surface area contributed by atoms with Crippen LogP contribution in [0.2, 0.25) is 0 Å². The number of carbonyl (C=O) groups excluding carboxylic acids is 1. The number of fused-ring (bicyclic) bond motifs is 1. The van der Waals surface area contributed by atoms with Gasteiger partial charge in [-0.05, 0) is 56.3 Å². The predicted molar refractivity (Wildman–Crippen MR) is 113 cm³/mol. The van der Waals surface area contributed by atoms with Crippen molar-refractivity contribution in [1.82, 2.24) is 4.98 Å². The van der Waals surface area contributed by atoms with Crippen LogP contribution in [0.25, 0.3) is 10.9 Å². The summed E-state index contributed by atoms with van der Waals surface area (Å²) in [6.07, 6.45) is 1.55. The lowest BCUT2D eigenvalue weighted by molar-refractivity contribution is 0.0527. The van der Waals surface area contributed by atoms with Gasteiger partial charge in [-0.3, -0.25) is 4.98 Å². The zero-order chi connectivity index (χ0) is 20.1. The third-order valence-corrected chi connectivity index (χ3v) is 4.30. The van der Waals surface area contributed by atoms with Crippen molar-refractivity contribution in [2.75, 3.05) is 37.5 Å². The van der Waals surface area contributed by atoms with E-state index in [9.17, 15) is 4.79 Å². The lowest BCUT2D eigenvalue weighted by Crippen LogP contribution is -2.10. The Bertz CT molecular complexity index is 969. The Morgan fingerprint density at radius 3 is 2.46 bits per heavy atom. The lowest BCUT2D eigenvalue weighted by Gasteiger charge is -2.16. The van der Waals surface area contributed by atoms with E-state index in [1.54, 1.807) is 13.1 Å².